The van der Waals surface area contributed by atoms with Gasteiger partial charge in [0.1, 0.15) is 5.75 Å². The van der Waals surface area contributed by atoms with Crippen molar-refractivity contribution < 1.29 is 4.74 Å². The van der Waals surface area contributed by atoms with E-state index in [-0.39, 0.29) is 12.1 Å². The van der Waals surface area contributed by atoms with Crippen LogP contribution in [0.25, 0.3) is 0 Å². The average molecular weight is 373 g/mol. The van der Waals surface area contributed by atoms with Gasteiger partial charge in [-0.05, 0) is 60.9 Å². The lowest BCUT2D eigenvalue weighted by Gasteiger charge is -2.40. The van der Waals surface area contributed by atoms with Crippen molar-refractivity contribution in [3.63, 3.8) is 0 Å². The molecule has 0 N–H and O–H groups in total. The van der Waals surface area contributed by atoms with E-state index in [1.807, 2.05) is 16.8 Å². The predicted octanol–water partition coefficient (Wildman–Crippen LogP) is 3.17. The molecule has 1 saturated heterocycles. The van der Waals surface area contributed by atoms with Gasteiger partial charge < -0.3 is 9.64 Å². The molecular weight excluding hydrogens is 340 g/mol. The van der Waals surface area contributed by atoms with Crippen LogP contribution in [0.15, 0.2) is 24.3 Å². The fraction of sp³-hybridized carbons (Fsp3) is 0.650. The topological polar surface area (TPSA) is 59.3 Å². The molecule has 0 radical (unpaired) electrons. The molecule has 0 bridgehead atoms. The van der Waals surface area contributed by atoms with Crippen molar-refractivity contribution >= 4 is 5.69 Å². The molecule has 2 aromatic rings. The first kappa shape index (κ1) is 19.6. The highest BCUT2D eigenvalue weighted by Gasteiger charge is 2.30. The molecule has 1 unspecified atom stereocenters. The van der Waals surface area contributed by atoms with Gasteiger partial charge in [-0.15, -0.1) is 5.10 Å². The van der Waals surface area contributed by atoms with E-state index in [9.17, 15) is 0 Å². The van der Waals surface area contributed by atoms with E-state index in [1.165, 1.54) is 5.69 Å². The number of hydrogen-bond acceptors (Lipinski definition) is 6. The molecular formula is C20H32N6O. The maximum Gasteiger partial charge on any atom is 0.168 e. The SMILES string of the molecule is COc1ccc(N2CCN(C(CC(C)C)c3nnnn3C(C)C)CC2)cc1. The summed E-state index contributed by atoms with van der Waals surface area (Å²) in [6, 6.07) is 8.87. The Morgan fingerprint density at radius 3 is 2.22 bits per heavy atom. The van der Waals surface area contributed by atoms with Crippen LogP contribution in [0.5, 0.6) is 5.75 Å². The Morgan fingerprint density at radius 2 is 1.67 bits per heavy atom. The molecule has 2 heterocycles. The number of methoxy groups -OCH3 is 1. The molecule has 0 amide bonds. The average Bonchev–Trinajstić information content (AvgIpc) is 3.16. The molecule has 1 aliphatic heterocycles. The fourth-order valence-electron chi connectivity index (χ4n) is 3.74. The molecule has 3 rings (SSSR count). The third-order valence-electron chi connectivity index (χ3n) is 5.19. The summed E-state index contributed by atoms with van der Waals surface area (Å²) in [5, 5.41) is 12.6. The Labute approximate surface area is 162 Å². The third-order valence-corrected chi connectivity index (χ3v) is 5.19. The normalized spacial score (nSPS) is 16.9. The van der Waals surface area contributed by atoms with Gasteiger partial charge in [0.15, 0.2) is 5.82 Å². The van der Waals surface area contributed by atoms with Crippen molar-refractivity contribution in [2.45, 2.75) is 46.2 Å². The summed E-state index contributed by atoms with van der Waals surface area (Å²) in [6.45, 7) is 12.8. The van der Waals surface area contributed by atoms with E-state index in [1.54, 1.807) is 7.11 Å². The molecule has 1 aromatic heterocycles. The zero-order valence-corrected chi connectivity index (χ0v) is 17.2. The minimum absolute atomic E-state index is 0.264. The first-order valence-corrected chi connectivity index (χ1v) is 9.90. The Bertz CT molecular complexity index is 704. The Kier molecular flexibility index (Phi) is 6.31. The highest BCUT2D eigenvalue weighted by molar-refractivity contribution is 5.49. The monoisotopic (exact) mass is 372 g/mol. The molecule has 7 nitrogen and oxygen atoms in total. The summed E-state index contributed by atoms with van der Waals surface area (Å²) in [5.74, 6) is 2.48. The first-order chi connectivity index (χ1) is 13.0. The maximum absolute atomic E-state index is 5.27. The summed E-state index contributed by atoms with van der Waals surface area (Å²) in [6.07, 6.45) is 1.07. The van der Waals surface area contributed by atoms with Gasteiger partial charge in [0.05, 0.1) is 19.2 Å². The number of hydrogen-bond donors (Lipinski definition) is 0. The van der Waals surface area contributed by atoms with E-state index < -0.39 is 0 Å². The van der Waals surface area contributed by atoms with Crippen molar-refractivity contribution in [1.82, 2.24) is 25.1 Å². The van der Waals surface area contributed by atoms with Crippen LogP contribution >= 0.6 is 0 Å². The van der Waals surface area contributed by atoms with Crippen LogP contribution in [-0.4, -0.2) is 58.4 Å². The van der Waals surface area contributed by atoms with Crippen molar-refractivity contribution in [3.8, 4) is 5.75 Å². The molecule has 0 aliphatic carbocycles. The Morgan fingerprint density at radius 1 is 1.00 bits per heavy atom. The molecule has 0 saturated carbocycles. The number of benzene rings is 1. The smallest absolute Gasteiger partial charge is 0.168 e. The number of anilines is 1. The van der Waals surface area contributed by atoms with Crippen LogP contribution < -0.4 is 9.64 Å². The Hall–Kier alpha value is -2.15. The van der Waals surface area contributed by atoms with E-state index >= 15 is 0 Å². The molecule has 27 heavy (non-hydrogen) atoms. The molecule has 1 atom stereocenters. The van der Waals surface area contributed by atoms with E-state index in [4.69, 9.17) is 4.74 Å². The van der Waals surface area contributed by atoms with Crippen LogP contribution in [0.4, 0.5) is 5.69 Å². The lowest BCUT2D eigenvalue weighted by molar-refractivity contribution is 0.151. The standard InChI is InChI=1S/C20H32N6O/c1-15(2)14-19(20-21-22-23-26(20)16(3)4)25-12-10-24(11-13-25)17-6-8-18(27-5)9-7-17/h6-9,15-16,19H,10-14H2,1-5H3. The maximum atomic E-state index is 5.27. The predicted molar refractivity (Wildman–Crippen MR) is 107 cm³/mol. The number of rotatable bonds is 7. The minimum Gasteiger partial charge on any atom is -0.497 e. The van der Waals surface area contributed by atoms with Gasteiger partial charge >= 0.3 is 0 Å². The summed E-state index contributed by atoms with van der Waals surface area (Å²) >= 11 is 0. The van der Waals surface area contributed by atoms with Crippen LogP contribution in [0.2, 0.25) is 0 Å². The summed E-state index contributed by atoms with van der Waals surface area (Å²) in [4.78, 5) is 4.98. The highest BCUT2D eigenvalue weighted by atomic mass is 16.5. The van der Waals surface area contributed by atoms with E-state index in [2.05, 4.69) is 65.2 Å². The summed E-state index contributed by atoms with van der Waals surface area (Å²) in [7, 11) is 1.70. The third kappa shape index (κ3) is 4.58. The second kappa shape index (κ2) is 8.69. The molecule has 1 fully saturated rings. The van der Waals surface area contributed by atoms with E-state index in [0.29, 0.717) is 5.92 Å². The van der Waals surface area contributed by atoms with Gasteiger partial charge in [0, 0.05) is 31.9 Å². The molecule has 0 spiro atoms. The summed E-state index contributed by atoms with van der Waals surface area (Å²) in [5.41, 5.74) is 1.25. The fourth-order valence-corrected chi connectivity index (χ4v) is 3.74. The largest absolute Gasteiger partial charge is 0.497 e. The van der Waals surface area contributed by atoms with Crippen molar-refractivity contribution in [3.05, 3.63) is 30.1 Å². The number of ether oxygens (including phenoxy) is 1. The van der Waals surface area contributed by atoms with Crippen molar-refractivity contribution in [1.29, 1.82) is 0 Å². The van der Waals surface area contributed by atoms with Gasteiger partial charge in [0.2, 0.25) is 0 Å². The minimum atomic E-state index is 0.264. The van der Waals surface area contributed by atoms with Crippen LogP contribution in [0.3, 0.4) is 0 Å². The van der Waals surface area contributed by atoms with Crippen molar-refractivity contribution in [2.75, 3.05) is 38.2 Å². The highest BCUT2D eigenvalue weighted by Crippen LogP contribution is 2.29. The lowest BCUT2D eigenvalue weighted by Crippen LogP contribution is -2.48. The second-order valence-electron chi connectivity index (χ2n) is 7.94. The number of aromatic nitrogens is 4. The molecule has 1 aliphatic rings. The molecule has 148 valence electrons. The van der Waals surface area contributed by atoms with Gasteiger partial charge in [-0.1, -0.05) is 13.8 Å². The number of nitrogens with zero attached hydrogens (tertiary/aromatic N) is 6. The van der Waals surface area contributed by atoms with Crippen molar-refractivity contribution in [2.24, 2.45) is 5.92 Å². The van der Waals surface area contributed by atoms with Crippen LogP contribution in [-0.2, 0) is 0 Å². The van der Waals surface area contributed by atoms with Gasteiger partial charge in [-0.3, -0.25) is 4.90 Å². The molecule has 7 heteroatoms. The first-order valence-electron chi connectivity index (χ1n) is 9.90. The second-order valence-corrected chi connectivity index (χ2v) is 7.94. The van der Waals surface area contributed by atoms with Gasteiger partial charge in [0.25, 0.3) is 0 Å². The van der Waals surface area contributed by atoms with Gasteiger partial charge in [-0.2, -0.15) is 0 Å². The summed E-state index contributed by atoms with van der Waals surface area (Å²) < 4.78 is 7.24. The number of tetrazole rings is 1. The lowest BCUT2D eigenvalue weighted by atomic mass is 10.0. The zero-order valence-electron chi connectivity index (χ0n) is 17.2. The van der Waals surface area contributed by atoms with Crippen LogP contribution in [0.1, 0.15) is 52.0 Å². The van der Waals surface area contributed by atoms with E-state index in [0.717, 1.165) is 44.2 Å². The molecule has 1 aromatic carbocycles. The van der Waals surface area contributed by atoms with Crippen LogP contribution in [0, 0.1) is 5.92 Å². The Balaban J connectivity index is 1.71. The zero-order chi connectivity index (χ0) is 19.4. The van der Waals surface area contributed by atoms with Gasteiger partial charge in [-0.25, -0.2) is 4.68 Å². The quantitative estimate of drug-likeness (QED) is 0.744. The number of piperazine rings is 1.